The number of carbonyl (C=O) groups excluding carboxylic acids is 1. The van der Waals surface area contributed by atoms with Gasteiger partial charge in [-0.2, -0.15) is 0 Å². The maximum Gasteiger partial charge on any atom is 0.324 e. The SMILES string of the molecule is CC1(C)CCCNC1CNC(=O)c1ccc([N+](=O)[O-])s1.Cl. The number of halogens is 1. The number of nitro groups is 1. The standard InChI is InChI=1S/C13H19N3O3S.ClH/c1-13(2)6-3-7-14-10(13)8-15-12(17)9-4-5-11(20-9)16(18)19;/h4-5,10,14H,3,6-8H2,1-2H3,(H,15,17);1H. The Kier molecular flexibility index (Phi) is 6.12. The number of hydrogen-bond donors (Lipinski definition) is 2. The lowest BCUT2D eigenvalue weighted by molar-refractivity contribution is -0.380. The zero-order valence-electron chi connectivity index (χ0n) is 12.0. The van der Waals surface area contributed by atoms with Crippen LogP contribution in [0, 0.1) is 15.5 Å². The van der Waals surface area contributed by atoms with Crippen LogP contribution in [0.2, 0.25) is 0 Å². The summed E-state index contributed by atoms with van der Waals surface area (Å²) in [5.74, 6) is -0.244. The van der Waals surface area contributed by atoms with E-state index in [2.05, 4.69) is 24.5 Å². The molecule has 118 valence electrons. The van der Waals surface area contributed by atoms with Crippen molar-refractivity contribution in [2.75, 3.05) is 13.1 Å². The molecule has 1 atom stereocenters. The summed E-state index contributed by atoms with van der Waals surface area (Å²) in [5.41, 5.74) is 0.146. The third-order valence-electron chi connectivity index (χ3n) is 3.79. The topological polar surface area (TPSA) is 84.3 Å². The summed E-state index contributed by atoms with van der Waals surface area (Å²) in [7, 11) is 0. The van der Waals surface area contributed by atoms with Crippen LogP contribution in [-0.4, -0.2) is 30.0 Å². The largest absolute Gasteiger partial charge is 0.350 e. The minimum Gasteiger partial charge on any atom is -0.350 e. The molecule has 0 spiro atoms. The van der Waals surface area contributed by atoms with E-state index in [1.54, 1.807) is 0 Å². The zero-order valence-corrected chi connectivity index (χ0v) is 13.7. The number of carbonyl (C=O) groups is 1. The smallest absolute Gasteiger partial charge is 0.324 e. The summed E-state index contributed by atoms with van der Waals surface area (Å²) < 4.78 is 0. The Morgan fingerprint density at radius 1 is 1.57 bits per heavy atom. The third kappa shape index (κ3) is 4.39. The van der Waals surface area contributed by atoms with Gasteiger partial charge in [0.05, 0.1) is 9.80 Å². The summed E-state index contributed by atoms with van der Waals surface area (Å²) in [4.78, 5) is 22.5. The van der Waals surface area contributed by atoms with Crippen molar-refractivity contribution < 1.29 is 9.72 Å². The first-order valence-electron chi connectivity index (χ1n) is 6.66. The van der Waals surface area contributed by atoms with E-state index >= 15 is 0 Å². The highest BCUT2D eigenvalue weighted by molar-refractivity contribution is 7.17. The average molecular weight is 334 g/mol. The van der Waals surface area contributed by atoms with E-state index in [1.807, 2.05) is 0 Å². The molecule has 2 N–H and O–H groups in total. The summed E-state index contributed by atoms with van der Waals surface area (Å²) in [6.45, 7) is 5.88. The predicted octanol–water partition coefficient (Wildman–Crippen LogP) is 2.59. The number of thiophene rings is 1. The highest BCUT2D eigenvalue weighted by Gasteiger charge is 2.32. The Balaban J connectivity index is 0.00000220. The molecule has 1 unspecified atom stereocenters. The number of nitrogens with one attached hydrogen (secondary N) is 2. The molecule has 1 aliphatic heterocycles. The number of rotatable bonds is 4. The van der Waals surface area contributed by atoms with Crippen LogP contribution in [0.3, 0.4) is 0 Å². The van der Waals surface area contributed by atoms with Crippen molar-refractivity contribution in [3.05, 3.63) is 27.1 Å². The van der Waals surface area contributed by atoms with Gasteiger partial charge in [-0.05, 0) is 30.9 Å². The number of hydrogen-bond acceptors (Lipinski definition) is 5. The van der Waals surface area contributed by atoms with Crippen molar-refractivity contribution >= 4 is 34.7 Å². The van der Waals surface area contributed by atoms with Crippen LogP contribution in [0.1, 0.15) is 36.4 Å². The van der Waals surface area contributed by atoms with E-state index in [1.165, 1.54) is 12.1 Å². The van der Waals surface area contributed by atoms with E-state index in [4.69, 9.17) is 0 Å². The van der Waals surface area contributed by atoms with Crippen molar-refractivity contribution in [3.8, 4) is 0 Å². The Morgan fingerprint density at radius 3 is 2.86 bits per heavy atom. The first kappa shape index (κ1) is 17.9. The van der Waals surface area contributed by atoms with Gasteiger partial charge in [0, 0.05) is 18.7 Å². The van der Waals surface area contributed by atoms with Gasteiger partial charge in [0.1, 0.15) is 0 Å². The minimum absolute atomic E-state index is 0. The predicted molar refractivity (Wildman–Crippen MR) is 85.4 cm³/mol. The van der Waals surface area contributed by atoms with Gasteiger partial charge in [0.2, 0.25) is 0 Å². The second kappa shape index (κ2) is 7.20. The molecule has 2 rings (SSSR count). The van der Waals surface area contributed by atoms with Gasteiger partial charge in [-0.25, -0.2) is 0 Å². The molecule has 0 radical (unpaired) electrons. The van der Waals surface area contributed by atoms with Gasteiger partial charge in [-0.3, -0.25) is 14.9 Å². The number of nitrogens with zero attached hydrogens (tertiary/aromatic N) is 1. The molecule has 1 aliphatic rings. The molecule has 6 nitrogen and oxygen atoms in total. The van der Waals surface area contributed by atoms with Crippen molar-refractivity contribution in [2.24, 2.45) is 5.41 Å². The molecule has 0 aliphatic carbocycles. The maximum atomic E-state index is 12.0. The van der Waals surface area contributed by atoms with Crippen molar-refractivity contribution in [3.63, 3.8) is 0 Å². The molecule has 1 saturated heterocycles. The normalized spacial score (nSPS) is 20.4. The average Bonchev–Trinajstić information content (AvgIpc) is 2.86. The summed E-state index contributed by atoms with van der Waals surface area (Å²) >= 11 is 0.904. The van der Waals surface area contributed by atoms with E-state index in [-0.39, 0.29) is 34.8 Å². The van der Waals surface area contributed by atoms with E-state index in [0.717, 1.165) is 30.7 Å². The van der Waals surface area contributed by atoms with Crippen molar-refractivity contribution in [1.82, 2.24) is 10.6 Å². The van der Waals surface area contributed by atoms with Crippen LogP contribution in [0.15, 0.2) is 12.1 Å². The number of amides is 1. The maximum absolute atomic E-state index is 12.0. The van der Waals surface area contributed by atoms with Gasteiger partial charge in [-0.15, -0.1) is 12.4 Å². The van der Waals surface area contributed by atoms with Crippen molar-refractivity contribution in [1.29, 1.82) is 0 Å². The quantitative estimate of drug-likeness (QED) is 0.655. The van der Waals surface area contributed by atoms with E-state index in [0.29, 0.717) is 11.4 Å². The molecule has 21 heavy (non-hydrogen) atoms. The molecule has 8 heteroatoms. The fourth-order valence-corrected chi connectivity index (χ4v) is 3.19. The first-order valence-corrected chi connectivity index (χ1v) is 7.47. The molecule has 0 saturated carbocycles. The van der Waals surface area contributed by atoms with Crippen LogP contribution in [0.4, 0.5) is 5.00 Å². The molecular formula is C13H20ClN3O3S. The molecule has 2 heterocycles. The van der Waals surface area contributed by atoms with E-state index < -0.39 is 4.92 Å². The van der Waals surface area contributed by atoms with Crippen LogP contribution in [0.25, 0.3) is 0 Å². The van der Waals surface area contributed by atoms with Gasteiger partial charge in [-0.1, -0.05) is 25.2 Å². The monoisotopic (exact) mass is 333 g/mol. The lowest BCUT2D eigenvalue weighted by Crippen LogP contribution is -2.52. The minimum atomic E-state index is -0.479. The Hall–Kier alpha value is -1.18. The Labute approximate surface area is 133 Å². The third-order valence-corrected chi connectivity index (χ3v) is 4.83. The summed E-state index contributed by atoms with van der Waals surface area (Å²) in [6.07, 6.45) is 2.28. The van der Waals surface area contributed by atoms with Crippen LogP contribution in [0.5, 0.6) is 0 Å². The Morgan fingerprint density at radius 2 is 2.29 bits per heavy atom. The highest BCUT2D eigenvalue weighted by Crippen LogP contribution is 2.30. The van der Waals surface area contributed by atoms with Crippen LogP contribution >= 0.6 is 23.7 Å². The summed E-state index contributed by atoms with van der Waals surface area (Å²) in [5, 5.41) is 16.9. The molecule has 1 aromatic rings. The molecule has 1 fully saturated rings. The molecule has 0 aromatic carbocycles. The van der Waals surface area contributed by atoms with Gasteiger partial charge in [0.25, 0.3) is 5.91 Å². The van der Waals surface area contributed by atoms with Crippen LogP contribution in [-0.2, 0) is 0 Å². The fourth-order valence-electron chi connectivity index (χ4n) is 2.45. The lowest BCUT2D eigenvalue weighted by Gasteiger charge is -2.39. The highest BCUT2D eigenvalue weighted by atomic mass is 35.5. The van der Waals surface area contributed by atoms with Gasteiger partial charge >= 0.3 is 5.00 Å². The fraction of sp³-hybridized carbons (Fsp3) is 0.615. The molecule has 1 amide bonds. The number of piperidine rings is 1. The zero-order chi connectivity index (χ0) is 14.8. The second-order valence-electron chi connectivity index (χ2n) is 5.70. The summed E-state index contributed by atoms with van der Waals surface area (Å²) in [6, 6.07) is 3.09. The van der Waals surface area contributed by atoms with Gasteiger partial charge < -0.3 is 10.6 Å². The molecule has 1 aromatic heterocycles. The Bertz CT molecular complexity index is 519. The van der Waals surface area contributed by atoms with Crippen LogP contribution < -0.4 is 10.6 Å². The van der Waals surface area contributed by atoms with Crippen molar-refractivity contribution in [2.45, 2.75) is 32.7 Å². The first-order chi connectivity index (χ1) is 9.40. The van der Waals surface area contributed by atoms with Gasteiger partial charge in [0.15, 0.2) is 0 Å². The molecule has 0 bridgehead atoms. The second-order valence-corrected chi connectivity index (χ2v) is 6.77. The van der Waals surface area contributed by atoms with E-state index in [9.17, 15) is 14.9 Å². The lowest BCUT2D eigenvalue weighted by atomic mass is 9.77. The molecular weight excluding hydrogens is 314 g/mol.